The molecule has 4 bridgehead atoms. The van der Waals surface area contributed by atoms with E-state index in [-0.39, 0.29) is 30.5 Å². The van der Waals surface area contributed by atoms with Crippen molar-refractivity contribution in [2.75, 3.05) is 38.6 Å². The molecule has 13 heteroatoms. The van der Waals surface area contributed by atoms with Crippen LogP contribution >= 0.6 is 0 Å². The highest BCUT2D eigenvalue weighted by Gasteiger charge is 2.34. The Morgan fingerprint density at radius 2 is 1.93 bits per heavy atom. The van der Waals surface area contributed by atoms with Gasteiger partial charge in [-0.2, -0.15) is 0 Å². The molecule has 1 aliphatic heterocycles. The molecule has 1 aliphatic carbocycles. The number of aromatic nitrogens is 4. The zero-order valence-electron chi connectivity index (χ0n) is 23.7. The Kier molecular flexibility index (Phi) is 7.25. The molecule has 4 heterocycles. The van der Waals surface area contributed by atoms with E-state index >= 15 is 0 Å². The molecule has 1 aromatic carbocycles. The van der Waals surface area contributed by atoms with Gasteiger partial charge in [0.1, 0.15) is 35.0 Å². The number of carbonyl (C=O) groups excluding carboxylic acids is 2. The molecular formula is C29H31N7O6. The lowest BCUT2D eigenvalue weighted by Gasteiger charge is -2.36. The van der Waals surface area contributed by atoms with Gasteiger partial charge in [-0.1, -0.05) is 0 Å². The fraction of sp³-hybridized carbons (Fsp3) is 0.345. The Balaban J connectivity index is 1.45. The van der Waals surface area contributed by atoms with Crippen molar-refractivity contribution in [3.8, 4) is 11.5 Å². The van der Waals surface area contributed by atoms with Gasteiger partial charge in [-0.05, 0) is 42.7 Å². The van der Waals surface area contributed by atoms with Crippen LogP contribution in [0, 0.1) is 0 Å². The summed E-state index contributed by atoms with van der Waals surface area (Å²) in [6.07, 6.45) is 2.90. The molecule has 2 N–H and O–H groups in total. The number of methoxy groups -OCH3 is 3. The number of hydrogen-bond acceptors (Lipinski definition) is 11. The minimum Gasteiger partial charge on any atom is -0.497 e. The standard InChI is InChI=1S/C29H31N7O6/c1-35(13-17-5-6-18(39-2)11-23(17)40-3)21-12-25-33-24-10-16(9-20(31-24)28(37)41-4)14-42-22-8-7-19(22)32-29(38)36-15-30-26(21)27(36)34-25/h5-6,9-12,15,19,22H,7-8,13-14H2,1-4H3,(H,32,38)(H,31,33,34)/t19-,22-/m1/s1. The summed E-state index contributed by atoms with van der Waals surface area (Å²) in [4.78, 5) is 41.6. The van der Waals surface area contributed by atoms with Crippen LogP contribution in [0.3, 0.4) is 0 Å². The number of benzene rings is 1. The van der Waals surface area contributed by atoms with Crippen LogP contribution in [0.15, 0.2) is 42.7 Å². The molecule has 0 radical (unpaired) electrons. The topological polar surface area (TPSA) is 142 Å². The first-order valence-electron chi connectivity index (χ1n) is 13.5. The van der Waals surface area contributed by atoms with Gasteiger partial charge in [0, 0.05) is 31.3 Å². The second kappa shape index (κ2) is 11.2. The van der Waals surface area contributed by atoms with Crippen LogP contribution in [-0.4, -0.2) is 72.0 Å². The predicted molar refractivity (Wildman–Crippen MR) is 154 cm³/mol. The molecule has 42 heavy (non-hydrogen) atoms. The number of ether oxygens (including phenoxy) is 4. The molecular weight excluding hydrogens is 542 g/mol. The molecule has 2 aliphatic rings. The summed E-state index contributed by atoms with van der Waals surface area (Å²) in [6.45, 7) is 0.699. The first-order chi connectivity index (χ1) is 20.4. The van der Waals surface area contributed by atoms with E-state index in [0.29, 0.717) is 46.5 Å². The molecule has 13 nitrogen and oxygen atoms in total. The average molecular weight is 574 g/mol. The van der Waals surface area contributed by atoms with Crippen molar-refractivity contribution >= 4 is 40.5 Å². The highest BCUT2D eigenvalue weighted by atomic mass is 16.5. The van der Waals surface area contributed by atoms with Crippen molar-refractivity contribution in [3.63, 3.8) is 0 Å². The number of anilines is 3. The zero-order valence-corrected chi connectivity index (χ0v) is 23.7. The summed E-state index contributed by atoms with van der Waals surface area (Å²) in [5.41, 5.74) is 3.41. The van der Waals surface area contributed by atoms with Gasteiger partial charge in [0.2, 0.25) is 0 Å². The molecule has 1 fully saturated rings. The van der Waals surface area contributed by atoms with E-state index in [1.165, 1.54) is 18.0 Å². The second-order valence-electron chi connectivity index (χ2n) is 10.2. The van der Waals surface area contributed by atoms with Gasteiger partial charge in [-0.3, -0.25) is 0 Å². The molecule has 1 amide bonds. The third-order valence-corrected chi connectivity index (χ3v) is 7.54. The van der Waals surface area contributed by atoms with Gasteiger partial charge in [0.25, 0.3) is 0 Å². The van der Waals surface area contributed by atoms with Crippen LogP contribution in [0.25, 0.3) is 11.2 Å². The second-order valence-corrected chi connectivity index (χ2v) is 10.2. The summed E-state index contributed by atoms with van der Waals surface area (Å²) in [6, 6.07) is 10.4. The molecule has 0 saturated heterocycles. The number of hydrogen-bond donors (Lipinski definition) is 2. The van der Waals surface area contributed by atoms with Crippen LogP contribution in [0.4, 0.5) is 22.1 Å². The highest BCUT2D eigenvalue weighted by Crippen LogP contribution is 2.33. The number of nitrogens with zero attached hydrogens (tertiary/aromatic N) is 5. The molecule has 218 valence electrons. The average Bonchev–Trinajstić information content (AvgIpc) is 3.42. The molecule has 3 aromatic heterocycles. The first-order valence-corrected chi connectivity index (χ1v) is 13.5. The Morgan fingerprint density at radius 3 is 2.67 bits per heavy atom. The Hall–Kier alpha value is -4.91. The van der Waals surface area contributed by atoms with Gasteiger partial charge >= 0.3 is 12.0 Å². The Morgan fingerprint density at radius 1 is 1.10 bits per heavy atom. The third-order valence-electron chi connectivity index (χ3n) is 7.54. The van der Waals surface area contributed by atoms with E-state index in [2.05, 4.69) is 20.6 Å². The number of fused-ring (bicyclic) bond motifs is 4. The third kappa shape index (κ3) is 5.14. The van der Waals surface area contributed by atoms with E-state index in [9.17, 15) is 9.59 Å². The van der Waals surface area contributed by atoms with Gasteiger partial charge in [0.15, 0.2) is 11.3 Å². The van der Waals surface area contributed by atoms with Crippen molar-refractivity contribution < 1.29 is 28.5 Å². The summed E-state index contributed by atoms with van der Waals surface area (Å²) in [7, 11) is 6.45. The molecule has 2 atom stereocenters. The number of nitrogens with one attached hydrogen (secondary N) is 2. The number of esters is 1. The quantitative estimate of drug-likeness (QED) is 0.327. The van der Waals surface area contributed by atoms with Crippen LogP contribution in [0.2, 0.25) is 0 Å². The van der Waals surface area contributed by atoms with Crippen LogP contribution in [-0.2, 0) is 22.6 Å². The maximum absolute atomic E-state index is 13.4. The zero-order chi connectivity index (χ0) is 29.4. The van der Waals surface area contributed by atoms with Gasteiger partial charge in [-0.15, -0.1) is 0 Å². The van der Waals surface area contributed by atoms with E-state index < -0.39 is 5.97 Å². The van der Waals surface area contributed by atoms with Crippen molar-refractivity contribution in [1.82, 2.24) is 24.8 Å². The van der Waals surface area contributed by atoms with E-state index in [4.69, 9.17) is 23.9 Å². The Bertz CT molecular complexity index is 1670. The van der Waals surface area contributed by atoms with E-state index in [1.54, 1.807) is 26.4 Å². The Labute approximate surface area is 241 Å². The number of amides is 1. The lowest BCUT2D eigenvalue weighted by atomic mass is 9.89. The van der Waals surface area contributed by atoms with Crippen LogP contribution < -0.4 is 25.0 Å². The highest BCUT2D eigenvalue weighted by molar-refractivity contribution is 5.95. The fourth-order valence-corrected chi connectivity index (χ4v) is 5.14. The van der Waals surface area contributed by atoms with Crippen molar-refractivity contribution in [2.45, 2.75) is 38.1 Å². The van der Waals surface area contributed by atoms with Crippen molar-refractivity contribution in [3.05, 3.63) is 59.5 Å². The smallest absolute Gasteiger partial charge is 0.356 e. The largest absolute Gasteiger partial charge is 0.497 e. The summed E-state index contributed by atoms with van der Waals surface area (Å²) in [5.74, 6) is 1.59. The minimum atomic E-state index is -0.565. The monoisotopic (exact) mass is 573 g/mol. The lowest BCUT2D eigenvalue weighted by molar-refractivity contribution is -0.0323. The molecule has 6 rings (SSSR count). The summed E-state index contributed by atoms with van der Waals surface area (Å²) in [5, 5.41) is 6.27. The molecule has 0 unspecified atom stereocenters. The SMILES string of the molecule is COC(=O)c1cc2cc(n1)Nc1cc(N(C)Cc3ccc(OC)cc3OC)c3ncn(c3n1)C(=O)N[C@@H]1CC[C@H]1OC2. The van der Waals surface area contributed by atoms with Crippen LogP contribution in [0.5, 0.6) is 11.5 Å². The number of imidazole rings is 1. The molecule has 1 saturated carbocycles. The van der Waals surface area contributed by atoms with Gasteiger partial charge in [-0.25, -0.2) is 29.1 Å². The maximum Gasteiger partial charge on any atom is 0.356 e. The lowest BCUT2D eigenvalue weighted by Crippen LogP contribution is -2.52. The van der Waals surface area contributed by atoms with Gasteiger partial charge < -0.3 is 34.5 Å². The first kappa shape index (κ1) is 27.3. The van der Waals surface area contributed by atoms with E-state index in [0.717, 1.165) is 24.0 Å². The normalized spacial score (nSPS) is 17.8. The van der Waals surface area contributed by atoms with E-state index in [1.807, 2.05) is 36.2 Å². The summed E-state index contributed by atoms with van der Waals surface area (Å²) < 4.78 is 23.4. The number of pyridine rings is 2. The number of rotatable bonds is 6. The van der Waals surface area contributed by atoms with Crippen LogP contribution in [0.1, 0.15) is 34.5 Å². The maximum atomic E-state index is 13.4. The summed E-state index contributed by atoms with van der Waals surface area (Å²) >= 11 is 0. The number of carbonyl (C=O) groups is 2. The molecule has 0 spiro atoms. The van der Waals surface area contributed by atoms with Crippen molar-refractivity contribution in [2.24, 2.45) is 0 Å². The van der Waals surface area contributed by atoms with Crippen molar-refractivity contribution in [1.29, 1.82) is 0 Å². The predicted octanol–water partition coefficient (Wildman–Crippen LogP) is 3.63. The minimum absolute atomic E-state index is 0.140. The fourth-order valence-electron chi connectivity index (χ4n) is 5.14. The van der Waals surface area contributed by atoms with Gasteiger partial charge in [0.05, 0.1) is 45.8 Å². The molecule has 4 aromatic rings.